The van der Waals surface area contributed by atoms with Gasteiger partial charge in [-0.1, -0.05) is 5.16 Å². The van der Waals surface area contributed by atoms with Gasteiger partial charge in [-0.15, -0.1) is 0 Å². The zero-order valence-electron chi connectivity index (χ0n) is 19.3. The van der Waals surface area contributed by atoms with E-state index in [0.29, 0.717) is 47.8 Å². The van der Waals surface area contributed by atoms with Gasteiger partial charge in [0.05, 0.1) is 35.3 Å². The maximum absolute atomic E-state index is 11.7. The molecule has 0 aliphatic carbocycles. The minimum Gasteiger partial charge on any atom is -0.387 e. The van der Waals surface area contributed by atoms with Crippen molar-refractivity contribution >= 4 is 44.8 Å². The molecular weight excluding hydrogens is 462 g/mol. The highest BCUT2D eigenvalue weighted by Gasteiger charge is 2.43. The van der Waals surface area contributed by atoms with Crippen LogP contribution in [0.4, 0.5) is 5.69 Å². The molecule has 4 heterocycles. The van der Waals surface area contributed by atoms with E-state index >= 15 is 0 Å². The average Bonchev–Trinajstić information content (AvgIpc) is 3.29. The van der Waals surface area contributed by atoms with Crippen molar-refractivity contribution in [3.05, 3.63) is 17.5 Å². The van der Waals surface area contributed by atoms with Crippen molar-refractivity contribution < 1.29 is 23.5 Å². The van der Waals surface area contributed by atoms with Crippen LogP contribution in [0.25, 0.3) is 11.0 Å². The van der Waals surface area contributed by atoms with Crippen LogP contribution >= 0.6 is 10.6 Å². The van der Waals surface area contributed by atoms with Crippen LogP contribution in [0.15, 0.2) is 11.4 Å². The molecular formula is C21H31N7O5S. The van der Waals surface area contributed by atoms with Crippen molar-refractivity contribution in [2.45, 2.75) is 64.1 Å². The quantitative estimate of drug-likeness (QED) is 0.367. The minimum atomic E-state index is -2.52. The number of nitrogens with zero attached hydrogens (tertiary/aromatic N) is 4. The first-order valence-corrected chi connectivity index (χ1v) is 13.1. The third-order valence-electron chi connectivity index (χ3n) is 6.31. The molecule has 2 aliphatic rings. The second-order valence-electron chi connectivity index (χ2n) is 9.05. The highest BCUT2D eigenvalue weighted by molar-refractivity contribution is 8.24. The van der Waals surface area contributed by atoms with Crippen LogP contribution in [0, 0.1) is 6.92 Å². The number of hydrogen-bond donors (Lipinski definition) is 5. The maximum Gasteiger partial charge on any atom is 0.221 e. The summed E-state index contributed by atoms with van der Waals surface area (Å²) >= 11 is 0. The number of pyridine rings is 1. The molecule has 2 amide bonds. The molecule has 4 rings (SSSR count). The van der Waals surface area contributed by atoms with Gasteiger partial charge in [0.15, 0.2) is 11.2 Å². The first kappa shape index (κ1) is 24.2. The first-order valence-electron chi connectivity index (χ1n) is 11.2. The zero-order chi connectivity index (χ0) is 24.7. The van der Waals surface area contributed by atoms with Gasteiger partial charge in [-0.05, 0) is 26.7 Å². The van der Waals surface area contributed by atoms with E-state index in [2.05, 4.69) is 20.6 Å². The summed E-state index contributed by atoms with van der Waals surface area (Å²) in [5.41, 5.74) is 13.0. The predicted octanol–water partition coefficient (Wildman–Crippen LogP) is 1.70. The fourth-order valence-corrected chi connectivity index (χ4v) is 6.25. The van der Waals surface area contributed by atoms with Gasteiger partial charge in [0, 0.05) is 42.3 Å². The zero-order valence-corrected chi connectivity index (χ0v) is 20.1. The van der Waals surface area contributed by atoms with Crippen molar-refractivity contribution in [3.63, 3.8) is 0 Å². The number of nitrogens with two attached hydrogens (primary N) is 2. The van der Waals surface area contributed by atoms with Gasteiger partial charge >= 0.3 is 0 Å². The first-order chi connectivity index (χ1) is 16.0. The van der Waals surface area contributed by atoms with Gasteiger partial charge < -0.3 is 21.6 Å². The van der Waals surface area contributed by atoms with Gasteiger partial charge in [-0.3, -0.25) is 18.7 Å². The molecule has 0 unspecified atom stereocenters. The monoisotopic (exact) mass is 493 g/mol. The van der Waals surface area contributed by atoms with Crippen LogP contribution in [0.1, 0.15) is 50.3 Å². The molecule has 0 radical (unpaired) electrons. The fraction of sp³-hybridized carbons (Fsp3) is 0.571. The molecule has 186 valence electrons. The molecule has 2 aromatic rings. The minimum absolute atomic E-state index is 0.0116. The molecule has 7 N–H and O–H groups in total. The van der Waals surface area contributed by atoms with Crippen molar-refractivity contribution in [3.8, 4) is 0 Å². The number of hydrogen-bond acceptors (Lipinski definition) is 9. The number of oxime groups is 1. The molecule has 0 spiro atoms. The Morgan fingerprint density at radius 3 is 2.50 bits per heavy atom. The van der Waals surface area contributed by atoms with Crippen LogP contribution in [-0.2, 0) is 21.0 Å². The lowest BCUT2D eigenvalue weighted by atomic mass is 9.87. The summed E-state index contributed by atoms with van der Waals surface area (Å²) in [7, 11) is -2.52. The van der Waals surface area contributed by atoms with Crippen LogP contribution in [0.3, 0.4) is 0 Å². The lowest BCUT2D eigenvalue weighted by Gasteiger charge is -2.39. The molecule has 1 fully saturated rings. The van der Waals surface area contributed by atoms with Crippen molar-refractivity contribution in [1.29, 1.82) is 0 Å². The molecule has 13 heteroatoms. The molecule has 2 aliphatic heterocycles. The molecule has 0 bridgehead atoms. The van der Waals surface area contributed by atoms with Gasteiger partial charge in [0.25, 0.3) is 0 Å². The number of nitrogens with one attached hydrogen (secondary N) is 1. The lowest BCUT2D eigenvalue weighted by molar-refractivity contribution is -0.131. The van der Waals surface area contributed by atoms with Gasteiger partial charge in [0.2, 0.25) is 11.8 Å². The van der Waals surface area contributed by atoms with E-state index in [1.807, 2.05) is 18.5 Å². The second-order valence-corrected chi connectivity index (χ2v) is 11.5. The second kappa shape index (κ2) is 9.04. The van der Waals surface area contributed by atoms with Crippen LogP contribution in [0.2, 0.25) is 0 Å². The standard InChI is InChI=1S/C21H31N7O5S/c1-3-28-20-18(12(2)26-28)19(25-13-4-6-34(31,32)7-5-13)14(11-24-20)15-8-21(33-27-15,9-16(22)29)10-17(23)30/h11,13,31-32H,3-10H2,1-2H3,(H2,22,29)(H2,23,30)(H,24,25). The third kappa shape index (κ3) is 4.81. The molecule has 12 nitrogen and oxygen atoms in total. The Kier molecular flexibility index (Phi) is 6.44. The van der Waals surface area contributed by atoms with E-state index in [9.17, 15) is 18.7 Å². The number of aryl methyl sites for hydroxylation is 2. The Hall–Kier alpha value is -2.90. The average molecular weight is 494 g/mol. The summed E-state index contributed by atoms with van der Waals surface area (Å²) in [5, 5.41) is 13.2. The number of carbonyl (C=O) groups is 2. The molecule has 0 saturated carbocycles. The Bertz CT molecular complexity index is 1140. The Balaban J connectivity index is 1.74. The van der Waals surface area contributed by atoms with E-state index in [1.54, 1.807) is 6.20 Å². The SMILES string of the molecule is CCn1nc(C)c2c(NC3CCS(O)(O)CC3)c(C3=NOC(CC(N)=O)(CC(N)=O)C3)cnc21. The normalized spacial score (nSPS) is 20.5. The summed E-state index contributed by atoms with van der Waals surface area (Å²) in [6.07, 6.45) is 2.64. The number of primary amides is 2. The Morgan fingerprint density at radius 1 is 1.26 bits per heavy atom. The molecule has 1 saturated heterocycles. The summed E-state index contributed by atoms with van der Waals surface area (Å²) in [6.45, 7) is 4.53. The van der Waals surface area contributed by atoms with Crippen molar-refractivity contribution in [2.24, 2.45) is 16.6 Å². The smallest absolute Gasteiger partial charge is 0.221 e. The topological polar surface area (TPSA) is 191 Å². The maximum atomic E-state index is 11.7. The van der Waals surface area contributed by atoms with E-state index in [4.69, 9.17) is 16.3 Å². The van der Waals surface area contributed by atoms with E-state index in [-0.39, 0.29) is 25.3 Å². The third-order valence-corrected chi connectivity index (χ3v) is 8.09. The van der Waals surface area contributed by atoms with Gasteiger partial charge in [-0.25, -0.2) is 9.67 Å². The summed E-state index contributed by atoms with van der Waals surface area (Å²) in [4.78, 5) is 33.6. The molecule has 34 heavy (non-hydrogen) atoms. The lowest BCUT2D eigenvalue weighted by Crippen LogP contribution is -2.39. The van der Waals surface area contributed by atoms with Crippen molar-refractivity contribution in [1.82, 2.24) is 14.8 Å². The highest BCUT2D eigenvalue weighted by atomic mass is 32.3. The van der Waals surface area contributed by atoms with Crippen molar-refractivity contribution in [2.75, 3.05) is 16.8 Å². The van der Waals surface area contributed by atoms with E-state index in [0.717, 1.165) is 16.8 Å². The van der Waals surface area contributed by atoms with Crippen LogP contribution in [0.5, 0.6) is 0 Å². The molecule has 2 aromatic heterocycles. The highest BCUT2D eigenvalue weighted by Crippen LogP contribution is 2.45. The largest absolute Gasteiger partial charge is 0.387 e. The summed E-state index contributed by atoms with van der Waals surface area (Å²) in [5.74, 6) is -0.561. The van der Waals surface area contributed by atoms with Crippen LogP contribution < -0.4 is 16.8 Å². The fourth-order valence-electron chi connectivity index (χ4n) is 4.72. The number of rotatable bonds is 8. The summed E-state index contributed by atoms with van der Waals surface area (Å²) in [6, 6.07) is 0.0116. The number of fused-ring (bicyclic) bond motifs is 1. The number of anilines is 1. The number of amides is 2. The summed E-state index contributed by atoms with van der Waals surface area (Å²) < 4.78 is 21.8. The van der Waals surface area contributed by atoms with Crippen LogP contribution in [-0.4, -0.2) is 64.5 Å². The van der Waals surface area contributed by atoms with E-state index in [1.165, 1.54) is 0 Å². The number of aromatic nitrogens is 3. The number of carbonyl (C=O) groups excluding carboxylic acids is 2. The molecule has 0 aromatic carbocycles. The van der Waals surface area contributed by atoms with Gasteiger partial charge in [0.1, 0.15) is 0 Å². The predicted molar refractivity (Wildman–Crippen MR) is 130 cm³/mol. The molecule has 0 atom stereocenters. The van der Waals surface area contributed by atoms with E-state index < -0.39 is 28.0 Å². The Labute approximate surface area is 198 Å². The van der Waals surface area contributed by atoms with Gasteiger partial charge in [-0.2, -0.15) is 15.7 Å². The Morgan fingerprint density at radius 2 is 1.91 bits per heavy atom.